The molecule has 17 heavy (non-hydrogen) atoms. The Balaban J connectivity index is 2.19. The summed E-state index contributed by atoms with van der Waals surface area (Å²) in [5, 5.41) is 2.72. The number of hydrogen-bond donors (Lipinski definition) is 2. The molecule has 0 atom stereocenters. The van der Waals surface area contributed by atoms with E-state index in [1.807, 2.05) is 0 Å². The molecule has 4 nitrogen and oxygen atoms in total. The second-order valence-electron chi connectivity index (χ2n) is 3.52. The predicted octanol–water partition coefficient (Wildman–Crippen LogP) is 0.921. The summed E-state index contributed by atoms with van der Waals surface area (Å²) >= 11 is 0. The first-order valence-electron chi connectivity index (χ1n) is 5.55. The Hall–Kier alpha value is -1.46. The third-order valence-corrected chi connectivity index (χ3v) is 2.12. The summed E-state index contributed by atoms with van der Waals surface area (Å²) in [7, 11) is 0. The number of nitrogens with two attached hydrogens (primary N) is 1. The molecule has 0 radical (unpaired) electrons. The van der Waals surface area contributed by atoms with E-state index < -0.39 is 0 Å². The largest absolute Gasteiger partial charge is 0.380 e. The van der Waals surface area contributed by atoms with Crippen LogP contribution >= 0.6 is 0 Å². The van der Waals surface area contributed by atoms with Gasteiger partial charge in [0.1, 0.15) is 5.82 Å². The molecular weight excluding hydrogens is 223 g/mol. The maximum atomic E-state index is 12.6. The third kappa shape index (κ3) is 5.42. The van der Waals surface area contributed by atoms with Crippen LogP contribution in [0.15, 0.2) is 24.3 Å². The molecule has 0 spiro atoms. The highest BCUT2D eigenvalue weighted by Crippen LogP contribution is 2.02. The van der Waals surface area contributed by atoms with Crippen molar-refractivity contribution in [2.45, 2.75) is 6.42 Å². The maximum Gasteiger partial charge on any atom is 0.251 e. The van der Waals surface area contributed by atoms with Crippen molar-refractivity contribution in [1.82, 2.24) is 5.32 Å². The molecule has 0 saturated carbocycles. The molecule has 0 heterocycles. The number of rotatable bonds is 7. The molecule has 0 bridgehead atoms. The van der Waals surface area contributed by atoms with Gasteiger partial charge in [0.05, 0.1) is 6.61 Å². The zero-order valence-electron chi connectivity index (χ0n) is 9.62. The fraction of sp³-hybridized carbons (Fsp3) is 0.417. The molecule has 1 rings (SSSR count). The average molecular weight is 240 g/mol. The van der Waals surface area contributed by atoms with Crippen LogP contribution in [0.5, 0.6) is 0 Å². The normalized spacial score (nSPS) is 10.2. The van der Waals surface area contributed by atoms with Crippen molar-refractivity contribution >= 4 is 5.91 Å². The first kappa shape index (κ1) is 13.6. The summed E-state index contributed by atoms with van der Waals surface area (Å²) in [5.74, 6) is -0.555. The van der Waals surface area contributed by atoms with Gasteiger partial charge in [0, 0.05) is 25.3 Å². The van der Waals surface area contributed by atoms with Crippen molar-refractivity contribution in [1.29, 1.82) is 0 Å². The smallest absolute Gasteiger partial charge is 0.251 e. The monoisotopic (exact) mass is 240 g/mol. The van der Waals surface area contributed by atoms with Gasteiger partial charge in [0.25, 0.3) is 5.91 Å². The number of hydrogen-bond acceptors (Lipinski definition) is 3. The molecule has 0 fully saturated rings. The van der Waals surface area contributed by atoms with E-state index in [9.17, 15) is 9.18 Å². The van der Waals surface area contributed by atoms with Gasteiger partial charge in [-0.15, -0.1) is 0 Å². The molecule has 94 valence electrons. The maximum absolute atomic E-state index is 12.6. The van der Waals surface area contributed by atoms with E-state index >= 15 is 0 Å². The lowest BCUT2D eigenvalue weighted by Crippen LogP contribution is -2.25. The quantitative estimate of drug-likeness (QED) is 0.697. The van der Waals surface area contributed by atoms with E-state index in [1.54, 1.807) is 0 Å². The summed E-state index contributed by atoms with van der Waals surface area (Å²) < 4.78 is 17.8. The second kappa shape index (κ2) is 7.76. The van der Waals surface area contributed by atoms with E-state index in [0.29, 0.717) is 31.9 Å². The highest BCUT2D eigenvalue weighted by Gasteiger charge is 2.03. The highest BCUT2D eigenvalue weighted by atomic mass is 19.1. The zero-order chi connectivity index (χ0) is 12.5. The lowest BCUT2D eigenvalue weighted by atomic mass is 10.2. The minimum absolute atomic E-state index is 0.205. The summed E-state index contributed by atoms with van der Waals surface area (Å²) in [6.45, 7) is 2.13. The lowest BCUT2D eigenvalue weighted by Gasteiger charge is -2.05. The lowest BCUT2D eigenvalue weighted by molar-refractivity contribution is 0.0943. The molecule has 1 aromatic carbocycles. The van der Waals surface area contributed by atoms with Gasteiger partial charge in [0.2, 0.25) is 0 Å². The topological polar surface area (TPSA) is 64.3 Å². The Morgan fingerprint density at radius 2 is 2.00 bits per heavy atom. The van der Waals surface area contributed by atoms with E-state index in [2.05, 4.69) is 5.32 Å². The molecule has 0 aromatic heterocycles. The number of benzene rings is 1. The molecule has 1 amide bonds. The van der Waals surface area contributed by atoms with Gasteiger partial charge < -0.3 is 15.8 Å². The van der Waals surface area contributed by atoms with E-state index in [0.717, 1.165) is 6.42 Å². The molecule has 1 aromatic rings. The van der Waals surface area contributed by atoms with Crippen LogP contribution in [-0.4, -0.2) is 32.2 Å². The zero-order valence-corrected chi connectivity index (χ0v) is 9.62. The first-order valence-corrected chi connectivity index (χ1v) is 5.55. The Bertz CT molecular complexity index is 341. The Morgan fingerprint density at radius 3 is 2.65 bits per heavy atom. The van der Waals surface area contributed by atoms with Crippen LogP contribution in [0.25, 0.3) is 0 Å². The van der Waals surface area contributed by atoms with Crippen molar-refractivity contribution in [3.05, 3.63) is 35.6 Å². The van der Waals surface area contributed by atoms with Crippen molar-refractivity contribution in [2.24, 2.45) is 5.73 Å². The average Bonchev–Trinajstić information content (AvgIpc) is 2.34. The SMILES string of the molecule is NCCOCCCNC(=O)c1ccc(F)cc1. The molecule has 5 heteroatoms. The summed E-state index contributed by atoms with van der Waals surface area (Å²) in [4.78, 5) is 11.6. The third-order valence-electron chi connectivity index (χ3n) is 2.12. The highest BCUT2D eigenvalue weighted by molar-refractivity contribution is 5.94. The number of amides is 1. The summed E-state index contributed by atoms with van der Waals surface area (Å²) in [6, 6.07) is 5.43. The van der Waals surface area contributed by atoms with E-state index in [1.165, 1.54) is 24.3 Å². The molecule has 3 N–H and O–H groups in total. The summed E-state index contributed by atoms with van der Waals surface area (Å²) in [6.07, 6.45) is 0.729. The molecular formula is C12H17FN2O2. The van der Waals surface area contributed by atoms with Crippen LogP contribution in [0.1, 0.15) is 16.8 Å². The number of halogens is 1. The predicted molar refractivity (Wildman–Crippen MR) is 63.2 cm³/mol. The van der Waals surface area contributed by atoms with Crippen LogP contribution in [0.3, 0.4) is 0 Å². The van der Waals surface area contributed by atoms with Gasteiger partial charge in [-0.2, -0.15) is 0 Å². The minimum Gasteiger partial charge on any atom is -0.380 e. The van der Waals surface area contributed by atoms with Crippen LogP contribution in [-0.2, 0) is 4.74 Å². The van der Waals surface area contributed by atoms with Crippen LogP contribution < -0.4 is 11.1 Å². The number of ether oxygens (including phenoxy) is 1. The van der Waals surface area contributed by atoms with Gasteiger partial charge in [-0.05, 0) is 30.7 Å². The van der Waals surface area contributed by atoms with Gasteiger partial charge in [-0.1, -0.05) is 0 Å². The molecule has 0 aliphatic heterocycles. The van der Waals surface area contributed by atoms with Crippen molar-refractivity contribution in [3.8, 4) is 0 Å². The Morgan fingerprint density at radius 1 is 1.29 bits per heavy atom. The van der Waals surface area contributed by atoms with Crippen molar-refractivity contribution in [2.75, 3.05) is 26.3 Å². The minimum atomic E-state index is -0.350. The van der Waals surface area contributed by atoms with Gasteiger partial charge >= 0.3 is 0 Å². The number of carbonyl (C=O) groups is 1. The van der Waals surface area contributed by atoms with Gasteiger partial charge in [-0.3, -0.25) is 4.79 Å². The van der Waals surface area contributed by atoms with Crippen molar-refractivity contribution in [3.63, 3.8) is 0 Å². The molecule has 0 aliphatic rings. The second-order valence-corrected chi connectivity index (χ2v) is 3.52. The van der Waals surface area contributed by atoms with Crippen LogP contribution in [0.4, 0.5) is 4.39 Å². The van der Waals surface area contributed by atoms with Gasteiger partial charge in [-0.25, -0.2) is 4.39 Å². The van der Waals surface area contributed by atoms with E-state index in [-0.39, 0.29) is 11.7 Å². The molecule has 0 unspecified atom stereocenters. The standard InChI is InChI=1S/C12H17FN2O2/c13-11-4-2-10(3-5-11)12(16)15-7-1-8-17-9-6-14/h2-5H,1,6-9,14H2,(H,15,16). The Labute approximate surface area is 100.0 Å². The molecule has 0 aliphatic carbocycles. The van der Waals surface area contributed by atoms with Gasteiger partial charge in [0.15, 0.2) is 0 Å². The Kier molecular flexibility index (Phi) is 6.21. The number of nitrogens with one attached hydrogen (secondary N) is 1. The van der Waals surface area contributed by atoms with Crippen LogP contribution in [0, 0.1) is 5.82 Å². The molecule has 0 saturated heterocycles. The first-order chi connectivity index (χ1) is 8.24. The van der Waals surface area contributed by atoms with E-state index in [4.69, 9.17) is 10.5 Å². The fourth-order valence-corrected chi connectivity index (χ4v) is 1.26. The fourth-order valence-electron chi connectivity index (χ4n) is 1.26. The van der Waals surface area contributed by atoms with Crippen molar-refractivity contribution < 1.29 is 13.9 Å². The summed E-state index contributed by atoms with van der Waals surface area (Å²) in [5.41, 5.74) is 5.71. The van der Waals surface area contributed by atoms with Crippen LogP contribution in [0.2, 0.25) is 0 Å². The number of carbonyl (C=O) groups excluding carboxylic acids is 1.